The van der Waals surface area contributed by atoms with Gasteiger partial charge in [0.05, 0.1) is 12.1 Å². The van der Waals surface area contributed by atoms with Crippen LogP contribution in [0.2, 0.25) is 10.0 Å². The summed E-state index contributed by atoms with van der Waals surface area (Å²) in [4.78, 5) is 12.1. The molecule has 0 aliphatic rings. The average Bonchev–Trinajstić information content (AvgIpc) is 2.54. The summed E-state index contributed by atoms with van der Waals surface area (Å²) in [7, 11) is 1.50. The van der Waals surface area contributed by atoms with E-state index in [1.807, 2.05) is 0 Å². The highest BCUT2D eigenvalue weighted by Crippen LogP contribution is 2.32. The summed E-state index contributed by atoms with van der Waals surface area (Å²) in [5, 5.41) is 6.53. The van der Waals surface area contributed by atoms with Crippen molar-refractivity contribution in [2.75, 3.05) is 17.7 Å². The largest absolute Gasteiger partial charge is 0.495 e. The fraction of sp³-hybridized carbons (Fsp3) is 0.0588. The number of methoxy groups -OCH3 is 1. The van der Waals surface area contributed by atoms with Crippen LogP contribution in [0, 0.1) is 0 Å². The fourth-order valence-electron chi connectivity index (χ4n) is 2.05. The Kier molecular flexibility index (Phi) is 6.64. The average molecular weight is 396 g/mol. The zero-order valence-electron chi connectivity index (χ0n) is 13.2. The number of rotatable bonds is 5. The summed E-state index contributed by atoms with van der Waals surface area (Å²) in [6, 6.07) is 10.2. The Morgan fingerprint density at radius 1 is 1.16 bits per heavy atom. The molecule has 0 radical (unpaired) electrons. The zero-order chi connectivity index (χ0) is 18.4. The second-order valence-electron chi connectivity index (χ2n) is 4.90. The summed E-state index contributed by atoms with van der Waals surface area (Å²) in [5.74, 6) is 0.136. The minimum absolute atomic E-state index is 0.175. The minimum atomic E-state index is -0.312. The first-order valence-corrected chi connectivity index (χ1v) is 8.24. The summed E-state index contributed by atoms with van der Waals surface area (Å²) >= 11 is 16.8. The number of thiocarbonyl (C=S) groups is 1. The molecule has 0 saturated heterocycles. The molecule has 1 amide bonds. The monoisotopic (exact) mass is 395 g/mol. The van der Waals surface area contributed by atoms with Gasteiger partial charge in [-0.1, -0.05) is 23.2 Å². The van der Waals surface area contributed by atoms with E-state index >= 15 is 0 Å². The lowest BCUT2D eigenvalue weighted by molar-refractivity contribution is -0.111. The molecule has 0 atom stereocenters. The molecule has 0 unspecified atom stereocenters. The van der Waals surface area contributed by atoms with Gasteiger partial charge in [-0.3, -0.25) is 4.79 Å². The molecule has 0 heterocycles. The number of ether oxygens (including phenoxy) is 1. The van der Waals surface area contributed by atoms with E-state index in [1.54, 1.807) is 42.5 Å². The lowest BCUT2D eigenvalue weighted by Gasteiger charge is -2.08. The maximum absolute atomic E-state index is 12.1. The van der Waals surface area contributed by atoms with Crippen LogP contribution in [0.4, 0.5) is 11.4 Å². The van der Waals surface area contributed by atoms with Crippen LogP contribution in [0.5, 0.6) is 5.75 Å². The van der Waals surface area contributed by atoms with Gasteiger partial charge in [0.15, 0.2) is 5.11 Å². The van der Waals surface area contributed by atoms with E-state index in [-0.39, 0.29) is 11.0 Å². The topological polar surface area (TPSA) is 76.4 Å². The van der Waals surface area contributed by atoms with Crippen LogP contribution >= 0.6 is 35.4 Å². The summed E-state index contributed by atoms with van der Waals surface area (Å²) < 4.78 is 5.23. The SMILES string of the molecule is COc1c(Cl)cc(Cl)cc1/C=C/C(=O)Nc1ccc(NC(N)=S)cc1. The predicted octanol–water partition coefficient (Wildman–Crippen LogP) is 4.31. The number of carbonyl (C=O) groups excluding carboxylic acids is 1. The normalized spacial score (nSPS) is 10.5. The Hall–Kier alpha value is -2.28. The van der Waals surface area contributed by atoms with E-state index in [9.17, 15) is 4.79 Å². The van der Waals surface area contributed by atoms with Gasteiger partial charge in [-0.05, 0) is 54.7 Å². The number of halogens is 2. The van der Waals surface area contributed by atoms with Crippen LogP contribution in [-0.2, 0) is 4.79 Å². The van der Waals surface area contributed by atoms with Gasteiger partial charge >= 0.3 is 0 Å². The van der Waals surface area contributed by atoms with E-state index in [2.05, 4.69) is 10.6 Å². The molecule has 0 aliphatic carbocycles. The maximum atomic E-state index is 12.1. The highest BCUT2D eigenvalue weighted by atomic mass is 35.5. The highest BCUT2D eigenvalue weighted by Gasteiger charge is 2.08. The molecule has 0 aromatic heterocycles. The smallest absolute Gasteiger partial charge is 0.248 e. The lowest BCUT2D eigenvalue weighted by atomic mass is 10.2. The number of hydrogen-bond acceptors (Lipinski definition) is 3. The maximum Gasteiger partial charge on any atom is 0.248 e. The van der Waals surface area contributed by atoms with Gasteiger partial charge in [0, 0.05) is 28.0 Å². The molecular formula is C17H15Cl2N3O2S. The van der Waals surface area contributed by atoms with Crippen LogP contribution in [0.15, 0.2) is 42.5 Å². The number of benzene rings is 2. The number of nitrogens with one attached hydrogen (secondary N) is 2. The van der Waals surface area contributed by atoms with Gasteiger partial charge < -0.3 is 21.1 Å². The Labute approximate surface area is 160 Å². The first kappa shape index (κ1) is 19.1. The molecule has 0 aliphatic heterocycles. The van der Waals surface area contributed by atoms with E-state index in [0.717, 1.165) is 5.69 Å². The molecule has 0 bridgehead atoms. The molecule has 2 aromatic carbocycles. The number of nitrogens with two attached hydrogens (primary N) is 1. The first-order chi connectivity index (χ1) is 11.9. The van der Waals surface area contributed by atoms with Crippen molar-refractivity contribution >= 4 is 63.9 Å². The number of hydrogen-bond donors (Lipinski definition) is 3. The first-order valence-electron chi connectivity index (χ1n) is 7.07. The highest BCUT2D eigenvalue weighted by molar-refractivity contribution is 7.80. The fourth-order valence-corrected chi connectivity index (χ4v) is 2.75. The second kappa shape index (κ2) is 8.71. The Bertz CT molecular complexity index is 823. The summed E-state index contributed by atoms with van der Waals surface area (Å²) in [5.41, 5.74) is 7.36. The van der Waals surface area contributed by atoms with Crippen molar-refractivity contribution in [3.63, 3.8) is 0 Å². The Morgan fingerprint density at radius 3 is 2.32 bits per heavy atom. The van der Waals surface area contributed by atoms with Crippen molar-refractivity contribution in [3.8, 4) is 5.75 Å². The molecule has 5 nitrogen and oxygen atoms in total. The number of carbonyl (C=O) groups is 1. The van der Waals surface area contributed by atoms with Crippen molar-refractivity contribution < 1.29 is 9.53 Å². The minimum Gasteiger partial charge on any atom is -0.495 e. The quantitative estimate of drug-likeness (QED) is 0.519. The molecule has 0 fully saturated rings. The predicted molar refractivity (Wildman–Crippen MR) is 108 cm³/mol. The Balaban J connectivity index is 2.07. The Morgan fingerprint density at radius 2 is 1.76 bits per heavy atom. The standard InChI is InChI=1S/C17H15Cl2N3O2S/c1-24-16-10(8-11(18)9-14(16)19)2-7-15(23)21-12-3-5-13(6-4-12)22-17(20)25/h2-9H,1H3,(H,21,23)(H3,20,22,25)/b7-2+. The summed E-state index contributed by atoms with van der Waals surface area (Å²) in [6.07, 6.45) is 2.94. The van der Waals surface area contributed by atoms with E-state index in [1.165, 1.54) is 13.2 Å². The van der Waals surface area contributed by atoms with Crippen molar-refractivity contribution in [2.24, 2.45) is 5.73 Å². The lowest BCUT2D eigenvalue weighted by Crippen LogP contribution is -2.18. The molecule has 0 saturated carbocycles. The van der Waals surface area contributed by atoms with Gasteiger partial charge in [-0.2, -0.15) is 0 Å². The third kappa shape index (κ3) is 5.63. The van der Waals surface area contributed by atoms with Crippen molar-refractivity contribution in [3.05, 3.63) is 58.1 Å². The van der Waals surface area contributed by atoms with Crippen LogP contribution < -0.4 is 21.1 Å². The van der Waals surface area contributed by atoms with E-state index in [0.29, 0.717) is 27.0 Å². The molecule has 4 N–H and O–H groups in total. The molecule has 0 spiro atoms. The molecule has 25 heavy (non-hydrogen) atoms. The van der Waals surface area contributed by atoms with Gasteiger partial charge in [0.2, 0.25) is 5.91 Å². The third-order valence-corrected chi connectivity index (χ3v) is 3.68. The van der Waals surface area contributed by atoms with Gasteiger partial charge in [0.25, 0.3) is 0 Å². The number of amides is 1. The molecule has 130 valence electrons. The van der Waals surface area contributed by atoms with Crippen LogP contribution in [0.1, 0.15) is 5.56 Å². The molecule has 8 heteroatoms. The number of anilines is 2. The third-order valence-electron chi connectivity index (χ3n) is 3.08. The van der Waals surface area contributed by atoms with E-state index in [4.69, 9.17) is 45.9 Å². The van der Waals surface area contributed by atoms with Crippen LogP contribution in [-0.4, -0.2) is 18.1 Å². The van der Waals surface area contributed by atoms with Gasteiger partial charge in [-0.25, -0.2) is 0 Å². The van der Waals surface area contributed by atoms with Crippen LogP contribution in [0.25, 0.3) is 6.08 Å². The van der Waals surface area contributed by atoms with Crippen molar-refractivity contribution in [1.29, 1.82) is 0 Å². The second-order valence-corrected chi connectivity index (χ2v) is 6.18. The zero-order valence-corrected chi connectivity index (χ0v) is 15.5. The van der Waals surface area contributed by atoms with Gasteiger partial charge in [0.1, 0.15) is 5.75 Å². The molecule has 2 aromatic rings. The summed E-state index contributed by atoms with van der Waals surface area (Å²) in [6.45, 7) is 0. The van der Waals surface area contributed by atoms with Crippen LogP contribution in [0.3, 0.4) is 0 Å². The van der Waals surface area contributed by atoms with Crippen molar-refractivity contribution in [2.45, 2.75) is 0 Å². The molecule has 2 rings (SSSR count). The molecular weight excluding hydrogens is 381 g/mol. The van der Waals surface area contributed by atoms with Crippen molar-refractivity contribution in [1.82, 2.24) is 0 Å². The van der Waals surface area contributed by atoms with Gasteiger partial charge in [-0.15, -0.1) is 0 Å². The van der Waals surface area contributed by atoms with E-state index < -0.39 is 0 Å².